The van der Waals surface area contributed by atoms with Gasteiger partial charge in [0.05, 0.1) is 17.1 Å². The molecule has 0 bridgehead atoms. The predicted octanol–water partition coefficient (Wildman–Crippen LogP) is 4.61. The molecule has 1 amide bonds. The molecule has 0 saturated heterocycles. The molecule has 0 unspecified atom stereocenters. The van der Waals surface area contributed by atoms with Crippen LogP contribution in [0.15, 0.2) is 72.8 Å². The van der Waals surface area contributed by atoms with Crippen molar-refractivity contribution in [2.45, 2.75) is 6.92 Å². The Morgan fingerprint density at radius 1 is 0.935 bits per heavy atom. The van der Waals surface area contributed by atoms with Crippen molar-refractivity contribution in [2.75, 3.05) is 22.4 Å². The van der Waals surface area contributed by atoms with Gasteiger partial charge in [0, 0.05) is 28.8 Å². The number of hydrogen-bond acceptors (Lipinski definition) is 4. The number of anilines is 2. The van der Waals surface area contributed by atoms with Crippen LogP contribution in [-0.4, -0.2) is 32.9 Å². The normalized spacial score (nSPS) is 11.1. The van der Waals surface area contributed by atoms with E-state index in [4.69, 9.17) is 11.6 Å². The number of halogens is 1. The minimum Gasteiger partial charge on any atom is -0.321 e. The number of ketones is 1. The molecule has 0 atom stereocenters. The zero-order valence-corrected chi connectivity index (χ0v) is 18.6. The number of carbonyl (C=O) groups excluding carboxylic acids is 2. The molecule has 0 spiro atoms. The molecule has 160 valence electrons. The third kappa shape index (κ3) is 5.13. The molecule has 0 fully saturated rings. The maximum atomic E-state index is 12.9. The van der Waals surface area contributed by atoms with Crippen LogP contribution >= 0.6 is 11.6 Å². The highest BCUT2D eigenvalue weighted by Gasteiger charge is 2.18. The van der Waals surface area contributed by atoms with Gasteiger partial charge >= 0.3 is 0 Å². The fourth-order valence-electron chi connectivity index (χ4n) is 2.93. The van der Waals surface area contributed by atoms with E-state index in [1.54, 1.807) is 55.5 Å². The van der Waals surface area contributed by atoms with Crippen LogP contribution in [0.1, 0.15) is 33.2 Å². The quantitative estimate of drug-likeness (QED) is 0.526. The van der Waals surface area contributed by atoms with Crippen LogP contribution in [0.2, 0.25) is 5.02 Å². The standard InChI is InChI=1S/C23H21ClN2O4S/c1-3-31(29,30)26(2)19-12-9-17(10-13-19)23(28)25-21-14-11-18(24)15-20(21)22(27)16-7-5-4-6-8-16/h4-15H,3H2,1-2H3,(H,25,28). The van der Waals surface area contributed by atoms with Gasteiger partial charge in [0.15, 0.2) is 5.78 Å². The van der Waals surface area contributed by atoms with Crippen LogP contribution in [0.4, 0.5) is 11.4 Å². The molecule has 3 aromatic carbocycles. The third-order valence-corrected chi connectivity index (χ3v) is 6.80. The van der Waals surface area contributed by atoms with Crippen molar-refractivity contribution in [2.24, 2.45) is 0 Å². The lowest BCUT2D eigenvalue weighted by molar-refractivity contribution is 0.102. The monoisotopic (exact) mass is 456 g/mol. The van der Waals surface area contributed by atoms with E-state index < -0.39 is 15.9 Å². The van der Waals surface area contributed by atoms with Gasteiger partial charge in [0.25, 0.3) is 5.91 Å². The van der Waals surface area contributed by atoms with E-state index in [2.05, 4.69) is 5.32 Å². The summed E-state index contributed by atoms with van der Waals surface area (Å²) in [5, 5.41) is 3.12. The second-order valence-corrected chi connectivity index (χ2v) is 9.48. The summed E-state index contributed by atoms with van der Waals surface area (Å²) < 4.78 is 25.2. The number of benzene rings is 3. The van der Waals surface area contributed by atoms with E-state index in [0.717, 1.165) is 0 Å². The van der Waals surface area contributed by atoms with Crippen molar-refractivity contribution in [3.05, 3.63) is 94.5 Å². The largest absolute Gasteiger partial charge is 0.321 e. The highest BCUT2D eigenvalue weighted by Crippen LogP contribution is 2.25. The van der Waals surface area contributed by atoms with Crippen LogP contribution in [0, 0.1) is 0 Å². The average Bonchev–Trinajstić information content (AvgIpc) is 2.79. The van der Waals surface area contributed by atoms with Gasteiger partial charge < -0.3 is 5.32 Å². The maximum absolute atomic E-state index is 12.9. The van der Waals surface area contributed by atoms with Gasteiger partial charge in [-0.2, -0.15) is 0 Å². The van der Waals surface area contributed by atoms with Gasteiger partial charge in [0.1, 0.15) is 0 Å². The van der Waals surface area contributed by atoms with E-state index in [-0.39, 0.29) is 17.1 Å². The Morgan fingerprint density at radius 3 is 2.19 bits per heavy atom. The molecule has 0 heterocycles. The Balaban J connectivity index is 1.85. The summed E-state index contributed by atoms with van der Waals surface area (Å²) in [6.07, 6.45) is 0. The summed E-state index contributed by atoms with van der Waals surface area (Å²) in [6, 6.07) is 19.6. The van der Waals surface area contributed by atoms with Crippen molar-refractivity contribution >= 4 is 44.7 Å². The van der Waals surface area contributed by atoms with E-state index in [0.29, 0.717) is 27.5 Å². The molecule has 8 heteroatoms. The van der Waals surface area contributed by atoms with Gasteiger partial charge in [-0.3, -0.25) is 13.9 Å². The van der Waals surface area contributed by atoms with E-state index in [1.807, 2.05) is 6.07 Å². The number of sulfonamides is 1. The van der Waals surface area contributed by atoms with Crippen LogP contribution in [0.25, 0.3) is 0 Å². The highest BCUT2D eigenvalue weighted by atomic mass is 35.5. The molecule has 0 radical (unpaired) electrons. The smallest absolute Gasteiger partial charge is 0.255 e. The van der Waals surface area contributed by atoms with E-state index >= 15 is 0 Å². The number of hydrogen-bond donors (Lipinski definition) is 1. The molecule has 3 aromatic rings. The van der Waals surface area contributed by atoms with Gasteiger partial charge in [0.2, 0.25) is 10.0 Å². The van der Waals surface area contributed by atoms with Gasteiger partial charge in [-0.05, 0) is 49.4 Å². The first-order valence-corrected chi connectivity index (χ1v) is 11.5. The molecule has 1 N–H and O–H groups in total. The molecule has 6 nitrogen and oxygen atoms in total. The Morgan fingerprint density at radius 2 is 1.58 bits per heavy atom. The SMILES string of the molecule is CCS(=O)(=O)N(C)c1ccc(C(=O)Nc2ccc(Cl)cc2C(=O)c2ccccc2)cc1. The van der Waals surface area contributed by atoms with E-state index in [9.17, 15) is 18.0 Å². The molecule has 3 rings (SSSR count). The molecule has 0 aliphatic carbocycles. The van der Waals surface area contributed by atoms with Gasteiger partial charge in [-0.1, -0.05) is 41.9 Å². The summed E-state index contributed by atoms with van der Waals surface area (Å²) in [5.74, 6) is -0.724. The molecule has 0 aromatic heterocycles. The van der Waals surface area contributed by atoms with Crippen molar-refractivity contribution in [1.29, 1.82) is 0 Å². The molecular weight excluding hydrogens is 436 g/mol. The molecule has 31 heavy (non-hydrogen) atoms. The fourth-order valence-corrected chi connectivity index (χ4v) is 3.93. The summed E-state index contributed by atoms with van der Waals surface area (Å²) in [5.41, 5.74) is 1.85. The first-order valence-electron chi connectivity index (χ1n) is 9.50. The van der Waals surface area contributed by atoms with Gasteiger partial charge in [-0.25, -0.2) is 8.42 Å². The van der Waals surface area contributed by atoms with E-state index in [1.165, 1.54) is 29.6 Å². The Kier molecular flexibility index (Phi) is 6.77. The highest BCUT2D eigenvalue weighted by molar-refractivity contribution is 7.92. The Hall–Kier alpha value is -3.16. The van der Waals surface area contributed by atoms with Crippen LogP contribution in [0.3, 0.4) is 0 Å². The zero-order valence-electron chi connectivity index (χ0n) is 17.0. The molecular formula is C23H21ClN2O4S. The lowest BCUT2D eigenvalue weighted by atomic mass is 10.0. The predicted molar refractivity (Wildman–Crippen MR) is 124 cm³/mol. The number of amides is 1. The van der Waals surface area contributed by atoms with Crippen molar-refractivity contribution in [3.63, 3.8) is 0 Å². The first-order chi connectivity index (χ1) is 14.7. The minimum atomic E-state index is -3.40. The Labute approximate surface area is 186 Å². The molecule has 0 aliphatic heterocycles. The second-order valence-electron chi connectivity index (χ2n) is 6.75. The number of nitrogens with one attached hydrogen (secondary N) is 1. The number of nitrogens with zero attached hydrogens (tertiary/aromatic N) is 1. The number of rotatable bonds is 7. The topological polar surface area (TPSA) is 83.6 Å². The fraction of sp³-hybridized carbons (Fsp3) is 0.130. The average molecular weight is 457 g/mol. The van der Waals surface area contributed by atoms with Crippen molar-refractivity contribution < 1.29 is 18.0 Å². The summed E-state index contributed by atoms with van der Waals surface area (Å²) in [6.45, 7) is 1.56. The van der Waals surface area contributed by atoms with Crippen molar-refractivity contribution in [3.8, 4) is 0 Å². The Bertz CT molecular complexity index is 1210. The lowest BCUT2D eigenvalue weighted by Crippen LogP contribution is -2.28. The molecule has 0 aliphatic rings. The van der Waals surface area contributed by atoms with Gasteiger partial charge in [-0.15, -0.1) is 0 Å². The van der Waals surface area contributed by atoms with Crippen LogP contribution in [0.5, 0.6) is 0 Å². The lowest BCUT2D eigenvalue weighted by Gasteiger charge is -2.18. The second kappa shape index (κ2) is 9.32. The molecule has 0 saturated carbocycles. The maximum Gasteiger partial charge on any atom is 0.255 e. The minimum absolute atomic E-state index is 0.0273. The van der Waals surface area contributed by atoms with Crippen molar-refractivity contribution in [1.82, 2.24) is 0 Å². The first kappa shape index (κ1) is 22.5. The zero-order chi connectivity index (χ0) is 22.6. The van der Waals surface area contributed by atoms with Crippen LogP contribution in [-0.2, 0) is 10.0 Å². The summed E-state index contributed by atoms with van der Waals surface area (Å²) in [7, 11) is -1.93. The number of carbonyl (C=O) groups is 2. The van der Waals surface area contributed by atoms with Crippen LogP contribution < -0.4 is 9.62 Å². The summed E-state index contributed by atoms with van der Waals surface area (Å²) >= 11 is 6.08. The summed E-state index contributed by atoms with van der Waals surface area (Å²) in [4.78, 5) is 25.7. The third-order valence-electron chi connectivity index (χ3n) is 4.79.